The molecule has 29 heavy (non-hydrogen) atoms. The normalized spacial score (nSPS) is 12.8. The van der Waals surface area contributed by atoms with E-state index in [4.69, 9.17) is 9.15 Å². The summed E-state index contributed by atoms with van der Waals surface area (Å²) in [4.78, 5) is 6.84. The number of hydrogen-bond donors (Lipinski definition) is 0. The average molecular weight is 415 g/mol. The molecule has 3 aromatic rings. The first-order valence-corrected chi connectivity index (χ1v) is 11.4. The van der Waals surface area contributed by atoms with Crippen molar-refractivity contribution < 1.29 is 17.6 Å². The molecule has 6 nitrogen and oxygen atoms in total. The molecular weight excluding hydrogens is 388 g/mol. The van der Waals surface area contributed by atoms with Crippen molar-refractivity contribution in [3.63, 3.8) is 0 Å². The van der Waals surface area contributed by atoms with Gasteiger partial charge < -0.3 is 9.15 Å². The summed E-state index contributed by atoms with van der Waals surface area (Å²) >= 11 is 0. The first kappa shape index (κ1) is 21.1. The molecule has 1 unspecified atom stereocenters. The summed E-state index contributed by atoms with van der Waals surface area (Å²) in [6.45, 7) is 3.33. The van der Waals surface area contributed by atoms with Gasteiger partial charge in [-0.15, -0.1) is 0 Å². The summed E-state index contributed by atoms with van der Waals surface area (Å²) in [5.74, 6) is 1.99. The zero-order chi connectivity index (χ0) is 20.9. The molecule has 0 N–H and O–H groups in total. The largest absolute Gasteiger partial charge is 0.494 e. The lowest BCUT2D eigenvalue weighted by atomic mass is 10.2. The van der Waals surface area contributed by atoms with Crippen molar-refractivity contribution in [2.24, 2.45) is 0 Å². The van der Waals surface area contributed by atoms with Gasteiger partial charge in [-0.05, 0) is 38.6 Å². The van der Waals surface area contributed by atoms with Crippen LogP contribution in [0, 0.1) is 0 Å². The molecule has 1 atom stereocenters. The fraction of sp³-hybridized carbons (Fsp3) is 0.318. The Bertz CT molecular complexity index is 1030. The van der Waals surface area contributed by atoms with Crippen molar-refractivity contribution in [2.75, 3.05) is 26.5 Å². The minimum atomic E-state index is -3.23. The molecule has 0 aliphatic carbocycles. The van der Waals surface area contributed by atoms with E-state index < -0.39 is 9.84 Å². The van der Waals surface area contributed by atoms with Crippen LogP contribution < -0.4 is 4.74 Å². The number of ether oxygens (including phenoxy) is 1. The number of rotatable bonds is 9. The van der Waals surface area contributed by atoms with Crippen LogP contribution in [0.2, 0.25) is 0 Å². The number of oxazole rings is 1. The van der Waals surface area contributed by atoms with E-state index in [-0.39, 0.29) is 10.9 Å². The molecule has 3 rings (SSSR count). The van der Waals surface area contributed by atoms with E-state index >= 15 is 0 Å². The molecule has 7 heteroatoms. The van der Waals surface area contributed by atoms with Gasteiger partial charge in [-0.3, -0.25) is 4.90 Å². The first-order valence-electron chi connectivity index (χ1n) is 9.49. The predicted molar refractivity (Wildman–Crippen MR) is 113 cm³/mol. The smallest absolute Gasteiger partial charge is 0.211 e. The Balaban J connectivity index is 1.50. The van der Waals surface area contributed by atoms with E-state index in [1.54, 1.807) is 30.5 Å². The van der Waals surface area contributed by atoms with Gasteiger partial charge in [-0.2, -0.15) is 0 Å². The number of sulfone groups is 1. The molecule has 0 fully saturated rings. The van der Waals surface area contributed by atoms with Gasteiger partial charge in [0.1, 0.15) is 5.75 Å². The molecule has 0 amide bonds. The highest BCUT2D eigenvalue weighted by molar-refractivity contribution is 7.90. The fourth-order valence-corrected chi connectivity index (χ4v) is 3.55. The van der Waals surface area contributed by atoms with Crippen molar-refractivity contribution in [2.45, 2.75) is 24.3 Å². The highest BCUT2D eigenvalue weighted by atomic mass is 32.2. The monoisotopic (exact) mass is 414 g/mol. The molecular formula is C22H26N2O4S. The van der Waals surface area contributed by atoms with E-state index in [2.05, 4.69) is 16.8 Å². The van der Waals surface area contributed by atoms with Crippen LogP contribution in [0.4, 0.5) is 0 Å². The topological polar surface area (TPSA) is 72.6 Å². The molecule has 1 heterocycles. The Morgan fingerprint density at radius 3 is 2.62 bits per heavy atom. The lowest BCUT2D eigenvalue weighted by molar-refractivity contribution is 0.203. The minimum absolute atomic E-state index is 0.0287. The van der Waals surface area contributed by atoms with Crippen LogP contribution in [-0.4, -0.2) is 44.8 Å². The summed E-state index contributed by atoms with van der Waals surface area (Å²) in [6, 6.07) is 16.5. The van der Waals surface area contributed by atoms with Crippen molar-refractivity contribution >= 4 is 9.84 Å². The predicted octanol–water partition coefficient (Wildman–Crippen LogP) is 4.21. The van der Waals surface area contributed by atoms with Gasteiger partial charge in [0, 0.05) is 18.4 Å². The summed E-state index contributed by atoms with van der Waals surface area (Å²) in [6.07, 6.45) is 3.73. The molecule has 0 spiro atoms. The molecule has 0 saturated heterocycles. The summed E-state index contributed by atoms with van der Waals surface area (Å²) < 4.78 is 34.9. The van der Waals surface area contributed by atoms with Gasteiger partial charge in [0.2, 0.25) is 5.89 Å². The molecule has 0 saturated carbocycles. The second kappa shape index (κ2) is 9.24. The standard InChI is InChI=1S/C22H26N2O4S/c1-17(22-23-16-21(28-22)18-9-5-4-6-10-18)24(2)13-8-14-27-19-11-7-12-20(15-19)29(3,25)26/h4-7,9-12,15-17H,8,13-14H2,1-3H3. The maximum absolute atomic E-state index is 11.6. The molecule has 1 aromatic heterocycles. The van der Waals surface area contributed by atoms with Gasteiger partial charge in [0.15, 0.2) is 15.6 Å². The van der Waals surface area contributed by atoms with Gasteiger partial charge in [0.05, 0.1) is 23.7 Å². The Labute approximate surface area is 172 Å². The maximum atomic E-state index is 11.6. The molecule has 0 aliphatic rings. The van der Waals surface area contributed by atoms with Gasteiger partial charge in [-0.25, -0.2) is 13.4 Å². The van der Waals surface area contributed by atoms with Crippen LogP contribution in [0.15, 0.2) is 70.1 Å². The SMILES string of the molecule is CC(c1ncc(-c2ccccc2)o1)N(C)CCCOc1cccc(S(C)(=O)=O)c1. The summed E-state index contributed by atoms with van der Waals surface area (Å²) in [7, 11) is -1.22. The van der Waals surface area contributed by atoms with Crippen LogP contribution in [0.1, 0.15) is 25.3 Å². The summed E-state index contributed by atoms with van der Waals surface area (Å²) in [5.41, 5.74) is 1.01. The number of benzene rings is 2. The third kappa shape index (κ3) is 5.68. The third-order valence-corrected chi connectivity index (χ3v) is 5.87. The van der Waals surface area contributed by atoms with Crippen LogP contribution in [-0.2, 0) is 9.84 Å². The van der Waals surface area contributed by atoms with Crippen LogP contribution in [0.5, 0.6) is 5.75 Å². The number of nitrogens with zero attached hydrogens (tertiary/aromatic N) is 2. The molecule has 0 bridgehead atoms. The van der Waals surface area contributed by atoms with E-state index in [0.717, 1.165) is 24.3 Å². The highest BCUT2D eigenvalue weighted by Crippen LogP contribution is 2.25. The van der Waals surface area contributed by atoms with Crippen LogP contribution >= 0.6 is 0 Å². The van der Waals surface area contributed by atoms with Crippen molar-refractivity contribution in [1.82, 2.24) is 9.88 Å². The van der Waals surface area contributed by atoms with Crippen LogP contribution in [0.3, 0.4) is 0 Å². The highest BCUT2D eigenvalue weighted by Gasteiger charge is 2.17. The maximum Gasteiger partial charge on any atom is 0.211 e. The van der Waals surface area contributed by atoms with Gasteiger partial charge in [-0.1, -0.05) is 36.4 Å². The molecule has 0 aliphatic heterocycles. The second-order valence-corrected chi connectivity index (χ2v) is 9.05. The Kier molecular flexibility index (Phi) is 6.71. The zero-order valence-electron chi connectivity index (χ0n) is 16.9. The van der Waals surface area contributed by atoms with E-state index in [1.807, 2.05) is 37.4 Å². The van der Waals surface area contributed by atoms with Gasteiger partial charge >= 0.3 is 0 Å². The minimum Gasteiger partial charge on any atom is -0.494 e. The van der Waals surface area contributed by atoms with E-state index in [9.17, 15) is 8.42 Å². The van der Waals surface area contributed by atoms with Crippen LogP contribution in [0.25, 0.3) is 11.3 Å². The van der Waals surface area contributed by atoms with Crippen molar-refractivity contribution in [1.29, 1.82) is 0 Å². The quantitative estimate of drug-likeness (QED) is 0.489. The lowest BCUT2D eigenvalue weighted by Crippen LogP contribution is -2.25. The number of hydrogen-bond acceptors (Lipinski definition) is 6. The van der Waals surface area contributed by atoms with Crippen molar-refractivity contribution in [3.05, 3.63) is 66.7 Å². The average Bonchev–Trinajstić information content (AvgIpc) is 3.21. The molecule has 154 valence electrons. The third-order valence-electron chi connectivity index (χ3n) is 4.76. The molecule has 2 aromatic carbocycles. The fourth-order valence-electron chi connectivity index (χ4n) is 2.90. The van der Waals surface area contributed by atoms with Crippen molar-refractivity contribution in [3.8, 4) is 17.1 Å². The van der Waals surface area contributed by atoms with E-state index in [1.165, 1.54) is 6.26 Å². The second-order valence-electron chi connectivity index (χ2n) is 7.03. The Morgan fingerprint density at radius 1 is 1.14 bits per heavy atom. The summed E-state index contributed by atoms with van der Waals surface area (Å²) in [5, 5.41) is 0. The molecule has 0 radical (unpaired) electrons. The lowest BCUT2D eigenvalue weighted by Gasteiger charge is -2.22. The first-order chi connectivity index (χ1) is 13.8. The van der Waals surface area contributed by atoms with E-state index in [0.29, 0.717) is 18.2 Å². The Morgan fingerprint density at radius 2 is 1.90 bits per heavy atom. The van der Waals surface area contributed by atoms with Gasteiger partial charge in [0.25, 0.3) is 0 Å². The number of aromatic nitrogens is 1. The Hall–Kier alpha value is -2.64. The zero-order valence-corrected chi connectivity index (χ0v) is 17.7.